The molecule has 0 aliphatic carbocycles. The van der Waals surface area contributed by atoms with Crippen LogP contribution in [0.5, 0.6) is 17.4 Å². The standard InChI is InChI=1S/C34H23N7O10.K/c42-27-15-50-25-7-3-19(13-23(25)36-27)40-31(46)21(29(44)38-33(40)48)5-1-17(18-9-11-35-12-10-18)2-6-22-30(45)39-34(49)41(32(22)47)20-4-8-26-24(14-20)37-28(43)16-51-26;/h1-14,44H,15-16H2,(H,36,42)(H,37,43)(H,38,48)(H,39,45,49);/q;+1/p-1/b5-1+,17-2-,22-6+;. The fourth-order valence-electron chi connectivity index (χ4n) is 5.38. The van der Waals surface area contributed by atoms with Crippen LogP contribution in [0.1, 0.15) is 11.1 Å². The summed E-state index contributed by atoms with van der Waals surface area (Å²) < 4.78 is 11.4. The summed E-state index contributed by atoms with van der Waals surface area (Å²) >= 11 is 0. The molecule has 3 aliphatic heterocycles. The smallest absolute Gasteiger partial charge is 0.860 e. The van der Waals surface area contributed by atoms with Crippen molar-refractivity contribution in [3.63, 3.8) is 0 Å². The summed E-state index contributed by atoms with van der Waals surface area (Å²) in [5.74, 6) is -3.15. The molecule has 254 valence electrons. The van der Waals surface area contributed by atoms with Crippen molar-refractivity contribution in [2.75, 3.05) is 28.7 Å². The molecule has 52 heavy (non-hydrogen) atoms. The summed E-state index contributed by atoms with van der Waals surface area (Å²) in [6.07, 6.45) is 7.96. The molecular weight excluding hydrogens is 706 g/mol. The van der Waals surface area contributed by atoms with E-state index in [4.69, 9.17) is 9.47 Å². The van der Waals surface area contributed by atoms with E-state index in [-0.39, 0.29) is 92.9 Å². The number of nitrogens with zero attached hydrogens (tertiary/aromatic N) is 3. The van der Waals surface area contributed by atoms with Gasteiger partial charge in [-0.25, -0.2) is 19.1 Å². The molecule has 1 saturated heterocycles. The predicted octanol–water partition coefficient (Wildman–Crippen LogP) is -2.03. The van der Waals surface area contributed by atoms with Crippen LogP contribution in [-0.4, -0.2) is 57.4 Å². The number of allylic oxidation sites excluding steroid dienone is 4. The Morgan fingerprint density at radius 3 is 2.08 bits per heavy atom. The Labute approximate surface area is 334 Å². The van der Waals surface area contributed by atoms with Crippen LogP contribution in [0.2, 0.25) is 0 Å². The number of nitrogens with one attached hydrogen (secondary N) is 4. The second kappa shape index (κ2) is 14.7. The van der Waals surface area contributed by atoms with Gasteiger partial charge in [-0.2, -0.15) is 0 Å². The van der Waals surface area contributed by atoms with Crippen molar-refractivity contribution in [1.82, 2.24) is 19.9 Å². The number of hydrogen-bond acceptors (Lipinski definition) is 11. The Morgan fingerprint density at radius 1 is 0.808 bits per heavy atom. The zero-order chi connectivity index (χ0) is 35.8. The topological polar surface area (TPSA) is 234 Å². The quantitative estimate of drug-likeness (QED) is 0.0732. The number of aromatic amines is 1. The molecule has 4 aromatic rings. The van der Waals surface area contributed by atoms with Gasteiger partial charge >= 0.3 is 63.1 Å². The molecule has 2 aromatic heterocycles. The van der Waals surface area contributed by atoms with Crippen LogP contribution < -0.4 is 98.1 Å². The fraction of sp³-hybridized carbons (Fsp3) is 0.0588. The maximum Gasteiger partial charge on any atom is 1.00 e. The monoisotopic (exact) mass is 727 g/mol. The Hall–Kier alpha value is -5.92. The van der Waals surface area contributed by atoms with E-state index in [0.29, 0.717) is 17.1 Å². The van der Waals surface area contributed by atoms with E-state index in [1.54, 1.807) is 12.1 Å². The van der Waals surface area contributed by atoms with E-state index < -0.39 is 57.9 Å². The van der Waals surface area contributed by atoms with E-state index in [0.717, 1.165) is 21.6 Å². The third-order valence-electron chi connectivity index (χ3n) is 7.78. The molecule has 0 unspecified atom stereocenters. The molecule has 1 fully saturated rings. The second-order valence-electron chi connectivity index (χ2n) is 11.0. The number of hydrogen-bond donors (Lipinski definition) is 4. The van der Waals surface area contributed by atoms with Gasteiger partial charge < -0.3 is 30.2 Å². The molecule has 0 radical (unpaired) electrons. The molecule has 0 spiro atoms. The first-order chi connectivity index (χ1) is 24.6. The zero-order valence-corrected chi connectivity index (χ0v) is 30.0. The molecule has 5 heterocycles. The van der Waals surface area contributed by atoms with Crippen molar-refractivity contribution in [3.8, 4) is 23.1 Å². The van der Waals surface area contributed by atoms with Gasteiger partial charge in [0.05, 0.1) is 22.7 Å². The second-order valence-corrected chi connectivity index (χ2v) is 11.0. The summed E-state index contributed by atoms with van der Waals surface area (Å²) in [5, 5.41) is 20.2. The Kier molecular flexibility index (Phi) is 10.2. The van der Waals surface area contributed by atoms with Crippen LogP contribution in [-0.2, 0) is 19.2 Å². The molecule has 17 nitrogen and oxygen atoms in total. The van der Waals surface area contributed by atoms with Crippen molar-refractivity contribution >= 4 is 58.4 Å². The van der Waals surface area contributed by atoms with Gasteiger partial charge in [0.25, 0.3) is 29.2 Å². The van der Waals surface area contributed by atoms with E-state index in [9.17, 15) is 38.7 Å². The van der Waals surface area contributed by atoms with Crippen molar-refractivity contribution in [3.05, 3.63) is 117 Å². The third kappa shape index (κ3) is 7.00. The average molecular weight is 728 g/mol. The van der Waals surface area contributed by atoms with Crippen molar-refractivity contribution in [2.24, 2.45) is 0 Å². The molecule has 0 saturated carbocycles. The third-order valence-corrected chi connectivity index (χ3v) is 7.78. The average Bonchev–Trinajstić information content (AvgIpc) is 3.10. The number of rotatable bonds is 6. The number of carbonyl (C=O) groups is 5. The first-order valence-electron chi connectivity index (χ1n) is 15.0. The van der Waals surface area contributed by atoms with E-state index >= 15 is 0 Å². The van der Waals surface area contributed by atoms with E-state index in [1.165, 1.54) is 60.9 Å². The first-order valence-corrected chi connectivity index (χ1v) is 15.0. The van der Waals surface area contributed by atoms with Gasteiger partial charge in [0.15, 0.2) is 13.2 Å². The number of imide groups is 2. The van der Waals surface area contributed by atoms with Gasteiger partial charge in [-0.15, -0.1) is 0 Å². The van der Waals surface area contributed by atoms with Crippen molar-refractivity contribution < 1.29 is 89.9 Å². The van der Waals surface area contributed by atoms with Gasteiger partial charge in [-0.05, 0) is 77.7 Å². The molecule has 0 atom stereocenters. The number of ether oxygens (including phenoxy) is 2. The first kappa shape index (κ1) is 35.9. The number of aromatic nitrogens is 3. The number of benzene rings is 2. The van der Waals surface area contributed by atoms with Crippen LogP contribution in [0, 0.1) is 0 Å². The normalized spacial score (nSPS) is 16.2. The fourth-order valence-corrected chi connectivity index (χ4v) is 5.38. The Balaban J connectivity index is 0.00000464. The van der Waals surface area contributed by atoms with Gasteiger partial charge in [0, 0.05) is 18.0 Å². The van der Waals surface area contributed by atoms with E-state index in [2.05, 4.69) is 25.9 Å². The Morgan fingerprint density at radius 2 is 1.42 bits per heavy atom. The minimum Gasteiger partial charge on any atom is -0.860 e. The van der Waals surface area contributed by atoms with Crippen molar-refractivity contribution in [1.29, 1.82) is 0 Å². The molecule has 0 bridgehead atoms. The predicted molar refractivity (Wildman–Crippen MR) is 177 cm³/mol. The summed E-state index contributed by atoms with van der Waals surface area (Å²) in [5.41, 5.74) is -1.55. The largest absolute Gasteiger partial charge is 1.00 e. The van der Waals surface area contributed by atoms with Crippen LogP contribution >= 0.6 is 0 Å². The SMILES string of the molecule is O=C1COc2ccc(N3C(=O)NC(=O)\C(=C/C=C(/C=C/c4c([O-])[nH]c(=O)n(-c5ccc6c(c5)NC(=O)CO6)c4=O)c4ccncc4)C3=O)cc2N1.[K+]. The molecule has 3 aliphatic rings. The molecule has 18 heteroatoms. The number of pyridine rings is 1. The number of H-pyrrole nitrogens is 1. The van der Waals surface area contributed by atoms with Crippen LogP contribution in [0.4, 0.5) is 21.9 Å². The molecule has 7 rings (SSSR count). The zero-order valence-electron chi connectivity index (χ0n) is 26.9. The summed E-state index contributed by atoms with van der Waals surface area (Å²) in [7, 11) is 0. The number of urea groups is 1. The van der Waals surface area contributed by atoms with Gasteiger partial charge in [-0.1, -0.05) is 12.2 Å². The van der Waals surface area contributed by atoms with Gasteiger partial charge in [0.2, 0.25) is 0 Å². The van der Waals surface area contributed by atoms with Crippen molar-refractivity contribution in [2.45, 2.75) is 0 Å². The molecule has 6 amide bonds. The van der Waals surface area contributed by atoms with Gasteiger partial charge in [0.1, 0.15) is 17.1 Å². The minimum atomic E-state index is -1.02. The summed E-state index contributed by atoms with van der Waals surface area (Å²) in [4.78, 5) is 96.0. The maximum absolute atomic E-state index is 13.6. The molecule has 4 N–H and O–H groups in total. The van der Waals surface area contributed by atoms with Crippen LogP contribution in [0.25, 0.3) is 17.3 Å². The maximum atomic E-state index is 13.6. The summed E-state index contributed by atoms with van der Waals surface area (Å²) in [6.45, 7) is -0.394. The number of amides is 6. The Bertz CT molecular complexity index is 2420. The van der Waals surface area contributed by atoms with E-state index in [1.807, 2.05) is 0 Å². The summed E-state index contributed by atoms with van der Waals surface area (Å²) in [6, 6.07) is 10.6. The molecular formula is C34H22KN7O10. The number of anilines is 3. The molecule has 2 aromatic carbocycles. The van der Waals surface area contributed by atoms with Gasteiger partial charge in [-0.3, -0.25) is 34.3 Å². The van der Waals surface area contributed by atoms with Crippen LogP contribution in [0.15, 0.2) is 94.3 Å². The number of carbonyl (C=O) groups excluding carboxylic acids is 5. The minimum absolute atomic E-state index is 0. The number of barbiturate groups is 1. The van der Waals surface area contributed by atoms with Crippen LogP contribution in [0.3, 0.4) is 0 Å². The number of fused-ring (bicyclic) bond motifs is 2.